The minimum Gasteiger partial charge on any atom is -0.444 e. The van der Waals surface area contributed by atoms with Crippen LogP contribution >= 0.6 is 15.9 Å². The summed E-state index contributed by atoms with van der Waals surface area (Å²) in [5, 5.41) is 2.46. The number of carbonyl (C=O) groups is 2. The first-order valence-electron chi connectivity index (χ1n) is 5.73. The molecule has 2 amide bonds. The molecule has 0 aromatic heterocycles. The predicted molar refractivity (Wildman–Crippen MR) is 75.4 cm³/mol. The van der Waals surface area contributed by atoms with E-state index in [2.05, 4.69) is 21.2 Å². The number of alkyl carbamates (subject to hydrolysis) is 1. The lowest BCUT2D eigenvalue weighted by Gasteiger charge is -2.22. The molecule has 0 saturated carbocycles. The van der Waals surface area contributed by atoms with Crippen LogP contribution in [-0.2, 0) is 9.53 Å². The first kappa shape index (κ1) is 15.5. The number of primary amides is 1. The second-order valence-corrected chi connectivity index (χ2v) is 5.95. The van der Waals surface area contributed by atoms with Crippen LogP contribution < -0.4 is 11.1 Å². The average Bonchev–Trinajstić information content (AvgIpc) is 2.24. The van der Waals surface area contributed by atoms with Crippen molar-refractivity contribution in [3.05, 3.63) is 34.3 Å². The van der Waals surface area contributed by atoms with E-state index in [1.165, 1.54) is 0 Å². The van der Waals surface area contributed by atoms with Gasteiger partial charge in [-0.3, -0.25) is 4.79 Å². The molecule has 1 atom stereocenters. The third-order valence-corrected chi connectivity index (χ3v) is 2.68. The predicted octanol–water partition coefficient (Wildman–Crippen LogP) is 2.50. The molecule has 0 radical (unpaired) electrons. The topological polar surface area (TPSA) is 81.4 Å². The SMILES string of the molecule is CC(C)(C)OC(=O)N[C@@H](C(N)=O)c1ccc(Br)cc1. The van der Waals surface area contributed by atoms with Gasteiger partial charge in [0.1, 0.15) is 11.6 Å². The number of carbonyl (C=O) groups excluding carboxylic acids is 2. The Morgan fingerprint density at radius 3 is 2.21 bits per heavy atom. The number of nitrogens with one attached hydrogen (secondary N) is 1. The lowest BCUT2D eigenvalue weighted by molar-refractivity contribution is -0.120. The number of nitrogens with two attached hydrogens (primary N) is 1. The first-order valence-corrected chi connectivity index (χ1v) is 6.52. The minimum atomic E-state index is -0.914. The van der Waals surface area contributed by atoms with Crippen molar-refractivity contribution in [2.75, 3.05) is 0 Å². The third-order valence-electron chi connectivity index (χ3n) is 2.15. The Labute approximate surface area is 120 Å². The average molecular weight is 329 g/mol. The van der Waals surface area contributed by atoms with Gasteiger partial charge in [-0.15, -0.1) is 0 Å². The lowest BCUT2D eigenvalue weighted by atomic mass is 10.1. The maximum absolute atomic E-state index is 11.7. The van der Waals surface area contributed by atoms with Gasteiger partial charge in [0.05, 0.1) is 0 Å². The van der Waals surface area contributed by atoms with Gasteiger partial charge in [-0.2, -0.15) is 0 Å². The van der Waals surface area contributed by atoms with Crippen LogP contribution in [0.1, 0.15) is 32.4 Å². The van der Waals surface area contributed by atoms with E-state index in [1.54, 1.807) is 45.0 Å². The maximum atomic E-state index is 11.7. The fourth-order valence-electron chi connectivity index (χ4n) is 1.40. The van der Waals surface area contributed by atoms with Crippen molar-refractivity contribution in [2.24, 2.45) is 5.73 Å². The fourth-order valence-corrected chi connectivity index (χ4v) is 1.66. The van der Waals surface area contributed by atoms with E-state index in [9.17, 15) is 9.59 Å². The summed E-state index contributed by atoms with van der Waals surface area (Å²) in [6.45, 7) is 5.22. The van der Waals surface area contributed by atoms with Crippen molar-refractivity contribution in [3.63, 3.8) is 0 Å². The molecule has 0 spiro atoms. The third kappa shape index (κ3) is 5.30. The minimum absolute atomic E-state index is 0.599. The Balaban J connectivity index is 2.82. The van der Waals surface area contributed by atoms with Crippen LogP contribution in [0.3, 0.4) is 0 Å². The molecule has 1 aromatic carbocycles. The van der Waals surface area contributed by atoms with E-state index in [0.29, 0.717) is 5.56 Å². The highest BCUT2D eigenvalue weighted by molar-refractivity contribution is 9.10. The monoisotopic (exact) mass is 328 g/mol. The van der Waals surface area contributed by atoms with Crippen molar-refractivity contribution < 1.29 is 14.3 Å². The number of hydrogen-bond donors (Lipinski definition) is 2. The van der Waals surface area contributed by atoms with Crippen LogP contribution in [0.25, 0.3) is 0 Å². The summed E-state index contributed by atoms with van der Waals surface area (Å²) < 4.78 is 5.97. The number of halogens is 1. The molecule has 0 saturated heterocycles. The Hall–Kier alpha value is -1.56. The maximum Gasteiger partial charge on any atom is 0.408 e. The van der Waals surface area contributed by atoms with Gasteiger partial charge in [0, 0.05) is 4.47 Å². The molecule has 0 heterocycles. The van der Waals surface area contributed by atoms with Gasteiger partial charge in [-0.25, -0.2) is 4.79 Å². The van der Waals surface area contributed by atoms with Gasteiger partial charge in [-0.05, 0) is 38.5 Å². The lowest BCUT2D eigenvalue weighted by Crippen LogP contribution is -2.40. The van der Waals surface area contributed by atoms with Crippen LogP contribution in [0.5, 0.6) is 0 Å². The summed E-state index contributed by atoms with van der Waals surface area (Å²) in [7, 11) is 0. The second-order valence-electron chi connectivity index (χ2n) is 5.03. The summed E-state index contributed by atoms with van der Waals surface area (Å²) >= 11 is 3.29. The molecular formula is C13H17BrN2O3. The van der Waals surface area contributed by atoms with Crippen molar-refractivity contribution in [1.82, 2.24) is 5.32 Å². The standard InChI is InChI=1S/C13H17BrN2O3/c1-13(2,3)19-12(18)16-10(11(15)17)8-4-6-9(14)7-5-8/h4-7,10H,1-3H3,(H2,15,17)(H,16,18)/t10-/m1/s1. The highest BCUT2D eigenvalue weighted by Gasteiger charge is 2.23. The number of benzene rings is 1. The molecule has 0 fully saturated rings. The van der Waals surface area contributed by atoms with Gasteiger partial charge < -0.3 is 15.8 Å². The van der Waals surface area contributed by atoms with Crippen LogP contribution in [0, 0.1) is 0 Å². The van der Waals surface area contributed by atoms with Crippen molar-refractivity contribution in [3.8, 4) is 0 Å². The number of hydrogen-bond acceptors (Lipinski definition) is 3. The smallest absolute Gasteiger partial charge is 0.408 e. The van der Waals surface area contributed by atoms with E-state index in [-0.39, 0.29) is 0 Å². The van der Waals surface area contributed by atoms with Crippen molar-refractivity contribution >= 4 is 27.9 Å². The van der Waals surface area contributed by atoms with E-state index >= 15 is 0 Å². The molecule has 19 heavy (non-hydrogen) atoms. The Morgan fingerprint density at radius 1 is 1.26 bits per heavy atom. The fraction of sp³-hybridized carbons (Fsp3) is 0.385. The molecule has 0 aliphatic carbocycles. The molecule has 6 heteroatoms. The Bertz CT molecular complexity index is 466. The largest absolute Gasteiger partial charge is 0.444 e. The quantitative estimate of drug-likeness (QED) is 0.894. The van der Waals surface area contributed by atoms with Crippen LogP contribution in [0.15, 0.2) is 28.7 Å². The van der Waals surface area contributed by atoms with Gasteiger partial charge in [0.15, 0.2) is 0 Å². The summed E-state index contributed by atoms with van der Waals surface area (Å²) in [6, 6.07) is 6.03. The molecule has 3 N–H and O–H groups in total. The van der Waals surface area contributed by atoms with Gasteiger partial charge in [0.25, 0.3) is 0 Å². The molecule has 1 rings (SSSR count). The zero-order valence-electron chi connectivity index (χ0n) is 11.1. The van der Waals surface area contributed by atoms with E-state index in [1.807, 2.05) is 0 Å². The molecule has 5 nitrogen and oxygen atoms in total. The first-order chi connectivity index (χ1) is 8.69. The van der Waals surface area contributed by atoms with Crippen molar-refractivity contribution in [1.29, 1.82) is 0 Å². The Kier molecular flexibility index (Phi) is 4.94. The highest BCUT2D eigenvalue weighted by atomic mass is 79.9. The number of amides is 2. The van der Waals surface area contributed by atoms with E-state index in [4.69, 9.17) is 10.5 Å². The summed E-state index contributed by atoms with van der Waals surface area (Å²) in [4.78, 5) is 23.1. The molecule has 0 unspecified atom stereocenters. The molecular weight excluding hydrogens is 312 g/mol. The highest BCUT2D eigenvalue weighted by Crippen LogP contribution is 2.17. The van der Waals surface area contributed by atoms with Gasteiger partial charge in [-0.1, -0.05) is 28.1 Å². The van der Waals surface area contributed by atoms with E-state index < -0.39 is 23.6 Å². The van der Waals surface area contributed by atoms with Gasteiger partial charge in [0.2, 0.25) is 5.91 Å². The molecule has 1 aromatic rings. The zero-order valence-corrected chi connectivity index (χ0v) is 12.7. The Morgan fingerprint density at radius 2 is 1.79 bits per heavy atom. The van der Waals surface area contributed by atoms with Crippen LogP contribution in [0.2, 0.25) is 0 Å². The summed E-state index contributed by atoms with van der Waals surface area (Å²) in [5.41, 5.74) is 5.26. The van der Waals surface area contributed by atoms with E-state index in [0.717, 1.165) is 4.47 Å². The normalized spacial score (nSPS) is 12.6. The van der Waals surface area contributed by atoms with Crippen LogP contribution in [-0.4, -0.2) is 17.6 Å². The molecule has 0 bridgehead atoms. The summed E-state index contributed by atoms with van der Waals surface area (Å²) in [5.74, 6) is -0.645. The second kappa shape index (κ2) is 6.06. The molecule has 0 aliphatic heterocycles. The number of ether oxygens (including phenoxy) is 1. The van der Waals surface area contributed by atoms with Crippen LogP contribution in [0.4, 0.5) is 4.79 Å². The van der Waals surface area contributed by atoms with Gasteiger partial charge >= 0.3 is 6.09 Å². The zero-order chi connectivity index (χ0) is 14.6. The number of rotatable bonds is 3. The van der Waals surface area contributed by atoms with Crippen molar-refractivity contribution in [2.45, 2.75) is 32.4 Å². The molecule has 104 valence electrons. The molecule has 0 aliphatic rings. The summed E-state index contributed by atoms with van der Waals surface area (Å²) in [6.07, 6.45) is -0.681.